The average molecular weight is 200 g/mol. The van der Waals surface area contributed by atoms with Crippen LogP contribution in [0.25, 0.3) is 0 Å². The fourth-order valence-corrected chi connectivity index (χ4v) is 1.91. The lowest BCUT2D eigenvalue weighted by Crippen LogP contribution is -2.27. The molecule has 0 fully saturated rings. The minimum Gasteiger partial charge on any atom is -0.390 e. The van der Waals surface area contributed by atoms with Gasteiger partial charge in [0.15, 0.2) is 0 Å². The third kappa shape index (κ3) is 4.99. The highest BCUT2D eigenvalue weighted by atomic mass is 16.3. The van der Waals surface area contributed by atoms with Crippen LogP contribution in [0.15, 0.2) is 0 Å². The van der Waals surface area contributed by atoms with Crippen molar-refractivity contribution >= 4 is 0 Å². The maximum atomic E-state index is 9.93. The Balaban J connectivity index is 4.10. The zero-order valence-corrected chi connectivity index (χ0v) is 10.9. The van der Waals surface area contributed by atoms with Crippen LogP contribution < -0.4 is 0 Å². The molecule has 14 heavy (non-hydrogen) atoms. The Bertz CT molecular complexity index is 153. The molecule has 1 nitrogen and oxygen atoms in total. The van der Waals surface area contributed by atoms with Gasteiger partial charge in [0.1, 0.15) is 0 Å². The van der Waals surface area contributed by atoms with Crippen LogP contribution in [0.4, 0.5) is 0 Å². The Hall–Kier alpha value is -0.0400. The Labute approximate surface area is 89.9 Å². The van der Waals surface area contributed by atoms with Gasteiger partial charge in [-0.05, 0) is 37.5 Å². The molecule has 0 aliphatic rings. The van der Waals surface area contributed by atoms with Crippen LogP contribution in [0.1, 0.15) is 67.2 Å². The van der Waals surface area contributed by atoms with E-state index in [1.807, 2.05) is 6.92 Å². The van der Waals surface area contributed by atoms with Crippen LogP contribution in [0.3, 0.4) is 0 Å². The molecule has 0 heterocycles. The number of aliphatic hydroxyl groups is 1. The summed E-state index contributed by atoms with van der Waals surface area (Å²) in [6, 6.07) is 0. The molecule has 1 N–H and O–H groups in total. The van der Waals surface area contributed by atoms with Crippen molar-refractivity contribution in [2.45, 2.75) is 72.8 Å². The Morgan fingerprint density at radius 1 is 1.07 bits per heavy atom. The van der Waals surface area contributed by atoms with Gasteiger partial charge in [-0.3, -0.25) is 0 Å². The van der Waals surface area contributed by atoms with Gasteiger partial charge in [0.2, 0.25) is 0 Å². The van der Waals surface area contributed by atoms with E-state index < -0.39 is 5.60 Å². The Morgan fingerprint density at radius 3 is 1.86 bits per heavy atom. The molecule has 0 aliphatic carbocycles. The first-order valence-electron chi connectivity index (χ1n) is 5.95. The van der Waals surface area contributed by atoms with E-state index in [1.165, 1.54) is 6.42 Å². The first-order chi connectivity index (χ1) is 6.23. The summed E-state index contributed by atoms with van der Waals surface area (Å²) in [7, 11) is 0. The molecule has 0 radical (unpaired) electrons. The monoisotopic (exact) mass is 200 g/mol. The molecule has 2 unspecified atom stereocenters. The number of hydrogen-bond acceptors (Lipinski definition) is 1. The molecule has 0 saturated heterocycles. The lowest BCUT2D eigenvalue weighted by molar-refractivity contribution is 0.0330. The van der Waals surface area contributed by atoms with Gasteiger partial charge in [-0.15, -0.1) is 0 Å². The van der Waals surface area contributed by atoms with E-state index in [0.29, 0.717) is 5.41 Å². The van der Waals surface area contributed by atoms with Gasteiger partial charge in [-0.25, -0.2) is 0 Å². The van der Waals surface area contributed by atoms with E-state index in [-0.39, 0.29) is 0 Å². The quantitative estimate of drug-likeness (QED) is 0.711. The highest BCUT2D eigenvalue weighted by molar-refractivity contribution is 4.77. The van der Waals surface area contributed by atoms with E-state index >= 15 is 0 Å². The molecule has 0 aliphatic heterocycles. The van der Waals surface area contributed by atoms with E-state index in [9.17, 15) is 5.11 Å². The second kappa shape index (κ2) is 5.16. The fourth-order valence-electron chi connectivity index (χ4n) is 1.91. The van der Waals surface area contributed by atoms with Gasteiger partial charge in [-0.1, -0.05) is 41.0 Å². The largest absolute Gasteiger partial charge is 0.390 e. The summed E-state index contributed by atoms with van der Waals surface area (Å²) in [6.45, 7) is 13.1. The van der Waals surface area contributed by atoms with Gasteiger partial charge in [0.25, 0.3) is 0 Å². The molecule has 2 atom stereocenters. The van der Waals surface area contributed by atoms with E-state index in [2.05, 4.69) is 34.6 Å². The summed E-state index contributed by atoms with van der Waals surface area (Å²) < 4.78 is 0. The molecule has 0 aromatic rings. The van der Waals surface area contributed by atoms with Crippen LogP contribution in [0.5, 0.6) is 0 Å². The summed E-state index contributed by atoms with van der Waals surface area (Å²) in [5, 5.41) is 9.93. The predicted octanol–water partition coefficient (Wildman–Crippen LogP) is 4.00. The van der Waals surface area contributed by atoms with Crippen LogP contribution in [-0.4, -0.2) is 10.7 Å². The molecule has 0 spiro atoms. The van der Waals surface area contributed by atoms with Gasteiger partial charge >= 0.3 is 0 Å². The van der Waals surface area contributed by atoms with Crippen molar-refractivity contribution in [3.63, 3.8) is 0 Å². The second-order valence-corrected chi connectivity index (χ2v) is 5.86. The van der Waals surface area contributed by atoms with Gasteiger partial charge in [0.05, 0.1) is 5.60 Å². The minimum atomic E-state index is -0.460. The summed E-state index contributed by atoms with van der Waals surface area (Å²) in [4.78, 5) is 0. The molecule has 0 amide bonds. The maximum Gasteiger partial charge on any atom is 0.0617 e. The average Bonchev–Trinajstić information content (AvgIpc) is 2.03. The van der Waals surface area contributed by atoms with Crippen LogP contribution in [-0.2, 0) is 0 Å². The first kappa shape index (κ1) is 14.0. The molecule has 86 valence electrons. The number of hydrogen-bond donors (Lipinski definition) is 1. The van der Waals surface area contributed by atoms with Crippen LogP contribution >= 0.6 is 0 Å². The second-order valence-electron chi connectivity index (χ2n) is 5.86. The SMILES string of the molecule is CCC(CCC(C)(O)CC)C(C)(C)C. The highest BCUT2D eigenvalue weighted by Gasteiger charge is 2.26. The van der Waals surface area contributed by atoms with Crippen LogP contribution in [0, 0.1) is 11.3 Å². The van der Waals surface area contributed by atoms with Gasteiger partial charge in [-0.2, -0.15) is 0 Å². The van der Waals surface area contributed by atoms with Gasteiger partial charge in [0, 0.05) is 0 Å². The Kier molecular flexibility index (Phi) is 5.14. The Morgan fingerprint density at radius 2 is 1.57 bits per heavy atom. The molecule has 0 bridgehead atoms. The van der Waals surface area contributed by atoms with Crippen molar-refractivity contribution in [2.24, 2.45) is 11.3 Å². The van der Waals surface area contributed by atoms with Crippen molar-refractivity contribution in [2.75, 3.05) is 0 Å². The summed E-state index contributed by atoms with van der Waals surface area (Å²) in [5.74, 6) is 0.723. The summed E-state index contributed by atoms with van der Waals surface area (Å²) >= 11 is 0. The maximum absolute atomic E-state index is 9.93. The van der Waals surface area contributed by atoms with Crippen molar-refractivity contribution in [1.29, 1.82) is 0 Å². The van der Waals surface area contributed by atoms with E-state index in [0.717, 1.165) is 25.2 Å². The lowest BCUT2D eigenvalue weighted by atomic mass is 9.75. The predicted molar refractivity (Wildman–Crippen MR) is 63.4 cm³/mol. The van der Waals surface area contributed by atoms with Gasteiger partial charge < -0.3 is 5.11 Å². The molecular formula is C13H28O. The third-order valence-corrected chi connectivity index (χ3v) is 3.51. The molecule has 0 aromatic heterocycles. The first-order valence-corrected chi connectivity index (χ1v) is 5.95. The molecular weight excluding hydrogens is 172 g/mol. The van der Waals surface area contributed by atoms with Crippen molar-refractivity contribution in [3.05, 3.63) is 0 Å². The molecule has 1 heteroatoms. The molecule has 0 rings (SSSR count). The molecule has 0 aromatic carbocycles. The standard InChI is InChI=1S/C13H28O/c1-7-11(12(3,4)5)9-10-13(6,14)8-2/h11,14H,7-10H2,1-6H3. The highest BCUT2D eigenvalue weighted by Crippen LogP contribution is 2.34. The van der Waals surface area contributed by atoms with Crippen molar-refractivity contribution < 1.29 is 5.11 Å². The van der Waals surface area contributed by atoms with Crippen LogP contribution in [0.2, 0.25) is 0 Å². The number of rotatable bonds is 5. The smallest absolute Gasteiger partial charge is 0.0617 e. The fraction of sp³-hybridized carbons (Fsp3) is 1.00. The lowest BCUT2D eigenvalue weighted by Gasteiger charge is -2.32. The zero-order valence-electron chi connectivity index (χ0n) is 10.9. The third-order valence-electron chi connectivity index (χ3n) is 3.51. The van der Waals surface area contributed by atoms with Crippen molar-refractivity contribution in [1.82, 2.24) is 0 Å². The van der Waals surface area contributed by atoms with E-state index in [1.54, 1.807) is 0 Å². The summed E-state index contributed by atoms with van der Waals surface area (Å²) in [5.41, 5.74) is -0.0861. The molecule has 0 saturated carbocycles. The zero-order chi connectivity index (χ0) is 11.4. The van der Waals surface area contributed by atoms with Crippen molar-refractivity contribution in [3.8, 4) is 0 Å². The summed E-state index contributed by atoms with van der Waals surface area (Å²) in [6.07, 6.45) is 4.14. The topological polar surface area (TPSA) is 20.2 Å². The minimum absolute atomic E-state index is 0.374. The normalized spacial score (nSPS) is 19.1. The van der Waals surface area contributed by atoms with E-state index in [4.69, 9.17) is 0 Å².